The van der Waals surface area contributed by atoms with Crippen molar-refractivity contribution < 1.29 is 4.74 Å². The van der Waals surface area contributed by atoms with E-state index in [1.165, 1.54) is 0 Å². The highest BCUT2D eigenvalue weighted by atomic mass is 16.5. The van der Waals surface area contributed by atoms with Gasteiger partial charge in [-0.3, -0.25) is 4.99 Å². The number of methoxy groups -OCH3 is 1. The van der Waals surface area contributed by atoms with Crippen molar-refractivity contribution in [2.45, 2.75) is 13.0 Å². The van der Waals surface area contributed by atoms with Gasteiger partial charge in [0.05, 0.1) is 13.7 Å². The van der Waals surface area contributed by atoms with Gasteiger partial charge in [0.15, 0.2) is 5.96 Å². The first kappa shape index (κ1) is 16.7. The van der Waals surface area contributed by atoms with Gasteiger partial charge in [-0.25, -0.2) is 0 Å². The van der Waals surface area contributed by atoms with Crippen LogP contribution in [0.15, 0.2) is 59.6 Å². The largest absolute Gasteiger partial charge is 0.497 e. The normalized spacial score (nSPS) is 12.6. The van der Waals surface area contributed by atoms with Gasteiger partial charge in [-0.05, 0) is 31.2 Å². The summed E-state index contributed by atoms with van der Waals surface area (Å²) in [6, 6.07) is 18.1. The zero-order valence-electron chi connectivity index (χ0n) is 13.9. The summed E-state index contributed by atoms with van der Waals surface area (Å²) in [6.45, 7) is 2.73. The monoisotopic (exact) mass is 312 g/mol. The molecule has 0 spiro atoms. The van der Waals surface area contributed by atoms with E-state index < -0.39 is 0 Å². The van der Waals surface area contributed by atoms with Crippen molar-refractivity contribution in [1.29, 1.82) is 0 Å². The predicted octanol–water partition coefficient (Wildman–Crippen LogP) is 2.95. The number of anilines is 2. The Bertz CT molecular complexity index is 642. The molecule has 0 fully saturated rings. The number of ether oxygens (including phenoxy) is 1. The van der Waals surface area contributed by atoms with Crippen LogP contribution in [-0.2, 0) is 0 Å². The summed E-state index contributed by atoms with van der Waals surface area (Å²) in [5.41, 5.74) is 7.98. The first-order valence-corrected chi connectivity index (χ1v) is 7.59. The fraction of sp³-hybridized carbons (Fsp3) is 0.278. The van der Waals surface area contributed by atoms with Crippen molar-refractivity contribution in [2.75, 3.05) is 30.9 Å². The fourth-order valence-corrected chi connectivity index (χ4v) is 2.16. The lowest BCUT2D eigenvalue weighted by Gasteiger charge is -2.25. The molecule has 122 valence electrons. The second-order valence-electron chi connectivity index (χ2n) is 5.38. The number of rotatable bonds is 6. The summed E-state index contributed by atoms with van der Waals surface area (Å²) in [7, 11) is 3.69. The number of guanidine groups is 1. The minimum Gasteiger partial charge on any atom is -0.497 e. The van der Waals surface area contributed by atoms with Crippen molar-refractivity contribution in [2.24, 2.45) is 10.7 Å². The zero-order valence-corrected chi connectivity index (χ0v) is 13.9. The fourth-order valence-electron chi connectivity index (χ4n) is 2.16. The molecule has 0 bridgehead atoms. The van der Waals surface area contributed by atoms with Crippen molar-refractivity contribution in [3.05, 3.63) is 54.6 Å². The standard InChI is InChI=1S/C18H24N4O/c1-14(22(2)16-9-5-4-6-10-16)13-20-18(19)21-15-8-7-11-17(12-15)23-3/h4-12,14H,13H2,1-3H3,(H3,19,20,21). The van der Waals surface area contributed by atoms with Gasteiger partial charge in [0.1, 0.15) is 5.75 Å². The van der Waals surface area contributed by atoms with Crippen LogP contribution in [0.4, 0.5) is 11.4 Å². The van der Waals surface area contributed by atoms with E-state index in [-0.39, 0.29) is 6.04 Å². The maximum absolute atomic E-state index is 5.96. The highest BCUT2D eigenvalue weighted by Crippen LogP contribution is 2.16. The molecule has 2 aromatic rings. The maximum Gasteiger partial charge on any atom is 0.193 e. The number of likely N-dealkylation sites (N-methyl/N-ethyl adjacent to an activating group) is 1. The smallest absolute Gasteiger partial charge is 0.193 e. The number of hydrogen-bond donors (Lipinski definition) is 2. The Morgan fingerprint density at radius 1 is 1.22 bits per heavy atom. The van der Waals surface area contributed by atoms with Crippen LogP contribution in [0.2, 0.25) is 0 Å². The maximum atomic E-state index is 5.96. The molecule has 5 heteroatoms. The molecule has 5 nitrogen and oxygen atoms in total. The first-order valence-electron chi connectivity index (χ1n) is 7.59. The average molecular weight is 312 g/mol. The summed E-state index contributed by atoms with van der Waals surface area (Å²) in [6.07, 6.45) is 0. The number of nitrogens with zero attached hydrogens (tertiary/aromatic N) is 2. The van der Waals surface area contributed by atoms with E-state index >= 15 is 0 Å². The molecule has 2 aromatic carbocycles. The van der Waals surface area contributed by atoms with Crippen molar-refractivity contribution in [3.63, 3.8) is 0 Å². The third-order valence-electron chi connectivity index (χ3n) is 3.69. The molecule has 0 saturated heterocycles. The molecule has 0 aliphatic heterocycles. The lowest BCUT2D eigenvalue weighted by Crippen LogP contribution is -2.33. The van der Waals surface area contributed by atoms with Gasteiger partial charge in [-0.15, -0.1) is 0 Å². The molecule has 0 aliphatic rings. The van der Waals surface area contributed by atoms with Crippen LogP contribution in [0.3, 0.4) is 0 Å². The summed E-state index contributed by atoms with van der Waals surface area (Å²) >= 11 is 0. The molecule has 0 aliphatic carbocycles. The van der Waals surface area contributed by atoms with Gasteiger partial charge < -0.3 is 20.7 Å². The van der Waals surface area contributed by atoms with Crippen molar-refractivity contribution in [1.82, 2.24) is 0 Å². The van der Waals surface area contributed by atoms with E-state index in [1.54, 1.807) is 7.11 Å². The Morgan fingerprint density at radius 3 is 2.65 bits per heavy atom. The van der Waals surface area contributed by atoms with Crippen LogP contribution in [0, 0.1) is 0 Å². The molecular weight excluding hydrogens is 288 g/mol. The Kier molecular flexibility index (Phi) is 5.86. The van der Waals surface area contributed by atoms with Gasteiger partial charge in [-0.2, -0.15) is 0 Å². The minimum atomic E-state index is 0.239. The van der Waals surface area contributed by atoms with Gasteiger partial charge in [-0.1, -0.05) is 24.3 Å². The highest BCUT2D eigenvalue weighted by Gasteiger charge is 2.09. The van der Waals surface area contributed by atoms with Crippen molar-refractivity contribution in [3.8, 4) is 5.75 Å². The summed E-state index contributed by atoms with van der Waals surface area (Å²) in [5.74, 6) is 1.17. The van der Waals surface area contributed by atoms with Crippen LogP contribution >= 0.6 is 0 Å². The molecule has 0 radical (unpaired) electrons. The number of aliphatic imine (C=N–C) groups is 1. The molecule has 3 N–H and O–H groups in total. The van der Waals surface area contributed by atoms with E-state index in [0.29, 0.717) is 12.5 Å². The Labute approximate surface area is 137 Å². The number of nitrogens with one attached hydrogen (secondary N) is 1. The molecule has 1 unspecified atom stereocenters. The molecule has 2 rings (SSSR count). The van der Waals surface area contributed by atoms with Crippen LogP contribution in [-0.4, -0.2) is 32.7 Å². The molecule has 0 heterocycles. The topological polar surface area (TPSA) is 62.9 Å². The van der Waals surface area contributed by atoms with E-state index in [4.69, 9.17) is 10.5 Å². The van der Waals surface area contributed by atoms with Crippen LogP contribution < -0.4 is 20.7 Å². The molecule has 0 aromatic heterocycles. The molecule has 0 saturated carbocycles. The Balaban J connectivity index is 1.93. The van der Waals surface area contributed by atoms with Crippen LogP contribution in [0.25, 0.3) is 0 Å². The van der Waals surface area contributed by atoms with E-state index in [1.807, 2.05) is 42.5 Å². The third kappa shape index (κ3) is 4.92. The van der Waals surface area contributed by atoms with Gasteiger partial charge in [0.2, 0.25) is 0 Å². The first-order chi connectivity index (χ1) is 11.1. The Morgan fingerprint density at radius 2 is 1.96 bits per heavy atom. The highest BCUT2D eigenvalue weighted by molar-refractivity contribution is 5.92. The molecule has 0 amide bonds. The molecule has 1 atom stereocenters. The zero-order chi connectivity index (χ0) is 16.7. The molecule has 23 heavy (non-hydrogen) atoms. The second-order valence-corrected chi connectivity index (χ2v) is 5.38. The third-order valence-corrected chi connectivity index (χ3v) is 3.69. The lowest BCUT2D eigenvalue weighted by molar-refractivity contribution is 0.415. The van der Waals surface area contributed by atoms with Crippen LogP contribution in [0.5, 0.6) is 5.75 Å². The summed E-state index contributed by atoms with van der Waals surface area (Å²) in [4.78, 5) is 6.61. The van der Waals surface area contributed by atoms with E-state index in [2.05, 4.69) is 41.3 Å². The quantitative estimate of drug-likeness (QED) is 0.636. The number of nitrogens with two attached hydrogens (primary N) is 1. The summed E-state index contributed by atoms with van der Waals surface area (Å²) in [5, 5.41) is 3.08. The van der Waals surface area contributed by atoms with Gasteiger partial charge in [0, 0.05) is 30.5 Å². The van der Waals surface area contributed by atoms with E-state index in [0.717, 1.165) is 17.1 Å². The van der Waals surface area contributed by atoms with Crippen molar-refractivity contribution >= 4 is 17.3 Å². The lowest BCUT2D eigenvalue weighted by atomic mass is 10.2. The minimum absolute atomic E-state index is 0.239. The molecular formula is C18H24N4O. The average Bonchev–Trinajstić information content (AvgIpc) is 2.60. The predicted molar refractivity (Wildman–Crippen MR) is 97.4 cm³/mol. The van der Waals surface area contributed by atoms with Crippen LogP contribution in [0.1, 0.15) is 6.92 Å². The number of para-hydroxylation sites is 1. The Hall–Kier alpha value is -2.69. The van der Waals surface area contributed by atoms with Gasteiger partial charge in [0.25, 0.3) is 0 Å². The number of benzene rings is 2. The van der Waals surface area contributed by atoms with Gasteiger partial charge >= 0.3 is 0 Å². The second kappa shape index (κ2) is 8.08. The summed E-state index contributed by atoms with van der Waals surface area (Å²) < 4.78 is 5.19. The van der Waals surface area contributed by atoms with E-state index in [9.17, 15) is 0 Å². The SMILES string of the molecule is COc1cccc(NC(N)=NCC(C)N(C)c2ccccc2)c1. The number of hydrogen-bond acceptors (Lipinski definition) is 3.